The summed E-state index contributed by atoms with van der Waals surface area (Å²) < 4.78 is 13.5. The number of rotatable bonds is 3. The maximum atomic E-state index is 6.97. The van der Waals surface area contributed by atoms with E-state index in [2.05, 4.69) is 169 Å². The number of hydrogen-bond acceptors (Lipinski definition) is 3. The molecule has 1 spiro atoms. The predicted molar refractivity (Wildman–Crippen MR) is 186 cm³/mol. The van der Waals surface area contributed by atoms with Gasteiger partial charge in [-0.05, 0) is 76.9 Å². The minimum atomic E-state index is -0.534. The van der Waals surface area contributed by atoms with Crippen LogP contribution in [0.1, 0.15) is 22.3 Å². The minimum Gasteiger partial charge on any atom is -0.457 e. The molecule has 216 valence electrons. The standard InChI is InChI=1S/C43H27NO2/c1-3-14-28(15-4-1)44(29-16-5-2-6-17-29)38-23-13-19-31-33-26-32-30-18-7-8-20-34(30)43(37(32)27-41(33)46-42(31)38)35-21-9-11-24-39(35)45-40-25-12-10-22-36(40)43/h1-27H. The average Bonchev–Trinajstić information content (AvgIpc) is 3.62. The monoisotopic (exact) mass is 589 g/mol. The van der Waals surface area contributed by atoms with Gasteiger partial charge in [-0.2, -0.15) is 0 Å². The number of hydrogen-bond donors (Lipinski definition) is 0. The van der Waals surface area contributed by atoms with E-state index in [9.17, 15) is 0 Å². The van der Waals surface area contributed by atoms with Crippen LogP contribution in [0.2, 0.25) is 0 Å². The van der Waals surface area contributed by atoms with E-state index >= 15 is 0 Å². The molecule has 3 heteroatoms. The van der Waals surface area contributed by atoms with Gasteiger partial charge in [0.25, 0.3) is 0 Å². The van der Waals surface area contributed by atoms with Gasteiger partial charge in [0.2, 0.25) is 0 Å². The van der Waals surface area contributed by atoms with E-state index in [-0.39, 0.29) is 0 Å². The molecular weight excluding hydrogens is 562 g/mol. The molecule has 8 aromatic rings. The second-order valence-electron chi connectivity index (χ2n) is 12.0. The first-order chi connectivity index (χ1) is 22.8. The lowest BCUT2D eigenvalue weighted by Crippen LogP contribution is -2.32. The number of benzene rings is 7. The van der Waals surface area contributed by atoms with Gasteiger partial charge in [-0.3, -0.25) is 0 Å². The van der Waals surface area contributed by atoms with Gasteiger partial charge < -0.3 is 14.1 Å². The fourth-order valence-corrected chi connectivity index (χ4v) is 7.88. The molecule has 0 bridgehead atoms. The van der Waals surface area contributed by atoms with Crippen molar-refractivity contribution in [3.63, 3.8) is 0 Å². The summed E-state index contributed by atoms with van der Waals surface area (Å²) in [5.41, 5.74) is 11.6. The van der Waals surface area contributed by atoms with Crippen LogP contribution in [-0.2, 0) is 5.41 Å². The van der Waals surface area contributed by atoms with Gasteiger partial charge in [-0.1, -0.05) is 109 Å². The zero-order valence-corrected chi connectivity index (χ0v) is 24.9. The average molecular weight is 590 g/mol. The number of furan rings is 1. The molecule has 0 amide bonds. The summed E-state index contributed by atoms with van der Waals surface area (Å²) in [7, 11) is 0. The van der Waals surface area contributed by atoms with Gasteiger partial charge in [0.15, 0.2) is 5.58 Å². The van der Waals surface area contributed by atoms with Crippen LogP contribution < -0.4 is 9.64 Å². The Morgan fingerprint density at radius 3 is 1.70 bits per heavy atom. The van der Waals surface area contributed by atoms with Gasteiger partial charge in [-0.25, -0.2) is 0 Å². The molecule has 1 aromatic heterocycles. The van der Waals surface area contributed by atoms with Crippen molar-refractivity contribution in [1.29, 1.82) is 0 Å². The molecule has 3 nitrogen and oxygen atoms in total. The molecule has 1 aliphatic heterocycles. The topological polar surface area (TPSA) is 25.6 Å². The van der Waals surface area contributed by atoms with Gasteiger partial charge in [0, 0.05) is 33.3 Å². The third-order valence-electron chi connectivity index (χ3n) is 9.71. The van der Waals surface area contributed by atoms with E-state index in [1.54, 1.807) is 0 Å². The van der Waals surface area contributed by atoms with Crippen LogP contribution in [0.25, 0.3) is 33.1 Å². The minimum absolute atomic E-state index is 0.534. The van der Waals surface area contributed by atoms with E-state index in [1.165, 1.54) is 22.3 Å². The van der Waals surface area contributed by atoms with Crippen molar-refractivity contribution in [3.05, 3.63) is 186 Å². The summed E-state index contributed by atoms with van der Waals surface area (Å²) in [6.07, 6.45) is 0. The molecule has 0 N–H and O–H groups in total. The zero-order valence-electron chi connectivity index (χ0n) is 24.9. The highest BCUT2D eigenvalue weighted by atomic mass is 16.5. The number of ether oxygens (including phenoxy) is 1. The molecule has 0 saturated carbocycles. The molecule has 0 atom stereocenters. The smallest absolute Gasteiger partial charge is 0.159 e. The third-order valence-corrected chi connectivity index (χ3v) is 9.71. The highest BCUT2D eigenvalue weighted by Gasteiger charge is 2.51. The summed E-state index contributed by atoms with van der Waals surface area (Å²) in [6.45, 7) is 0. The highest BCUT2D eigenvalue weighted by Crippen LogP contribution is 2.62. The van der Waals surface area contributed by atoms with Gasteiger partial charge in [0.1, 0.15) is 17.1 Å². The molecule has 46 heavy (non-hydrogen) atoms. The Hall–Kier alpha value is -6.06. The lowest BCUT2D eigenvalue weighted by molar-refractivity contribution is 0.436. The van der Waals surface area contributed by atoms with E-state index in [0.29, 0.717) is 0 Å². The summed E-state index contributed by atoms with van der Waals surface area (Å²) in [4.78, 5) is 2.28. The van der Waals surface area contributed by atoms with Crippen molar-refractivity contribution in [3.8, 4) is 22.6 Å². The number of anilines is 3. The maximum Gasteiger partial charge on any atom is 0.159 e. The molecular formula is C43H27NO2. The fourth-order valence-electron chi connectivity index (χ4n) is 7.88. The van der Waals surface area contributed by atoms with Gasteiger partial charge in [-0.15, -0.1) is 0 Å². The Morgan fingerprint density at radius 2 is 1.02 bits per heavy atom. The van der Waals surface area contributed by atoms with Crippen LogP contribution in [0.5, 0.6) is 11.5 Å². The number of fused-ring (bicyclic) bond motifs is 12. The SMILES string of the molecule is c1ccc(N(c2ccccc2)c2cccc3c2oc2cc4c(cc23)-c2ccccc2C42c3ccccc3Oc3ccccc32)cc1. The van der Waals surface area contributed by atoms with E-state index < -0.39 is 5.41 Å². The molecule has 1 aliphatic carbocycles. The van der Waals surface area contributed by atoms with Crippen molar-refractivity contribution in [1.82, 2.24) is 0 Å². The second kappa shape index (κ2) is 9.47. The van der Waals surface area contributed by atoms with E-state index in [4.69, 9.17) is 9.15 Å². The Morgan fingerprint density at radius 1 is 0.435 bits per heavy atom. The Bertz CT molecular complexity index is 2370. The Balaban J connectivity index is 1.29. The molecule has 10 rings (SSSR count). The summed E-state index contributed by atoms with van der Waals surface area (Å²) in [5, 5.41) is 2.20. The van der Waals surface area contributed by atoms with Crippen LogP contribution >= 0.6 is 0 Å². The molecule has 2 heterocycles. The predicted octanol–water partition coefficient (Wildman–Crippen LogP) is 11.5. The van der Waals surface area contributed by atoms with Crippen molar-refractivity contribution >= 4 is 39.0 Å². The van der Waals surface area contributed by atoms with Crippen LogP contribution in [0.3, 0.4) is 0 Å². The Kier molecular flexibility index (Phi) is 5.20. The molecule has 0 fully saturated rings. The van der Waals surface area contributed by atoms with Crippen molar-refractivity contribution in [2.45, 2.75) is 5.41 Å². The quantitative estimate of drug-likeness (QED) is 0.205. The third kappa shape index (κ3) is 3.32. The lowest BCUT2D eigenvalue weighted by Gasteiger charge is -2.39. The zero-order chi connectivity index (χ0) is 30.2. The maximum absolute atomic E-state index is 6.97. The first kappa shape index (κ1) is 25.3. The fraction of sp³-hybridized carbons (Fsp3) is 0.0233. The van der Waals surface area contributed by atoms with Gasteiger partial charge in [0.05, 0.1) is 11.1 Å². The first-order valence-corrected chi connectivity index (χ1v) is 15.7. The largest absolute Gasteiger partial charge is 0.457 e. The number of nitrogens with zero attached hydrogens (tertiary/aromatic N) is 1. The van der Waals surface area contributed by atoms with Crippen LogP contribution in [0.4, 0.5) is 17.1 Å². The van der Waals surface area contributed by atoms with Crippen LogP contribution in [-0.4, -0.2) is 0 Å². The molecule has 2 aliphatic rings. The van der Waals surface area contributed by atoms with Crippen LogP contribution in [0, 0.1) is 0 Å². The van der Waals surface area contributed by atoms with E-state index in [0.717, 1.165) is 61.6 Å². The summed E-state index contributed by atoms with van der Waals surface area (Å²) >= 11 is 0. The Labute approximate surface area is 266 Å². The van der Waals surface area contributed by atoms with Crippen LogP contribution in [0.15, 0.2) is 168 Å². The first-order valence-electron chi connectivity index (χ1n) is 15.7. The number of para-hydroxylation sites is 5. The molecule has 0 unspecified atom stereocenters. The van der Waals surface area contributed by atoms with E-state index in [1.807, 2.05) is 0 Å². The van der Waals surface area contributed by atoms with Crippen molar-refractivity contribution in [2.75, 3.05) is 4.90 Å². The highest BCUT2D eigenvalue weighted by molar-refractivity contribution is 6.12. The lowest BCUT2D eigenvalue weighted by atomic mass is 9.66. The van der Waals surface area contributed by atoms with Gasteiger partial charge >= 0.3 is 0 Å². The summed E-state index contributed by atoms with van der Waals surface area (Å²) in [5.74, 6) is 1.77. The molecule has 7 aromatic carbocycles. The molecule has 0 radical (unpaired) electrons. The second-order valence-corrected chi connectivity index (χ2v) is 12.0. The van der Waals surface area contributed by atoms with Crippen molar-refractivity contribution in [2.24, 2.45) is 0 Å². The summed E-state index contributed by atoms with van der Waals surface area (Å²) in [6, 6.07) is 57.9. The molecule has 0 saturated heterocycles. The van der Waals surface area contributed by atoms with Crippen molar-refractivity contribution < 1.29 is 9.15 Å². The normalized spacial score (nSPS) is 13.6.